The van der Waals surface area contributed by atoms with Gasteiger partial charge in [-0.15, -0.1) is 0 Å². The number of ketones is 1. The van der Waals surface area contributed by atoms with E-state index >= 15 is 0 Å². The topological polar surface area (TPSA) is 48.4 Å². The summed E-state index contributed by atoms with van der Waals surface area (Å²) in [5.41, 5.74) is 3.29. The van der Waals surface area contributed by atoms with E-state index in [4.69, 9.17) is 9.47 Å². The maximum absolute atomic E-state index is 12.1. The smallest absolute Gasteiger partial charge is 0.221 e. The minimum absolute atomic E-state index is 0.0484. The quantitative estimate of drug-likeness (QED) is 0.621. The number of methoxy groups -OCH3 is 1. The van der Waals surface area contributed by atoms with Crippen LogP contribution in [0, 0.1) is 0 Å². The molecule has 25 heavy (non-hydrogen) atoms. The highest BCUT2D eigenvalue weighted by Gasteiger charge is 2.13. The molecule has 126 valence electrons. The normalized spacial score (nSPS) is 10.3. The van der Waals surface area contributed by atoms with Gasteiger partial charge in [0, 0.05) is 11.8 Å². The zero-order chi connectivity index (χ0) is 17.6. The van der Waals surface area contributed by atoms with Gasteiger partial charge in [-0.2, -0.15) is 0 Å². The average Bonchev–Trinajstić information content (AvgIpc) is 2.67. The molecule has 0 saturated heterocycles. The van der Waals surface area contributed by atoms with Crippen LogP contribution in [0.4, 0.5) is 0 Å². The zero-order valence-corrected chi connectivity index (χ0v) is 14.2. The van der Waals surface area contributed by atoms with Crippen molar-refractivity contribution in [3.05, 3.63) is 78.0 Å². The highest BCUT2D eigenvalue weighted by Crippen LogP contribution is 2.32. The maximum atomic E-state index is 12.1. The van der Waals surface area contributed by atoms with Crippen molar-refractivity contribution in [1.82, 2.24) is 4.98 Å². The number of ether oxygens (including phenoxy) is 2. The van der Waals surface area contributed by atoms with Crippen LogP contribution < -0.4 is 9.47 Å². The van der Waals surface area contributed by atoms with Crippen LogP contribution in [0.1, 0.15) is 22.8 Å². The third-order valence-electron chi connectivity index (χ3n) is 3.87. The van der Waals surface area contributed by atoms with Crippen molar-refractivity contribution >= 4 is 5.78 Å². The van der Waals surface area contributed by atoms with Gasteiger partial charge < -0.3 is 9.47 Å². The number of hydrogen-bond donors (Lipinski definition) is 0. The number of nitrogens with zero attached hydrogens (tertiary/aromatic N) is 1. The Hall–Kier alpha value is -3.14. The monoisotopic (exact) mass is 333 g/mol. The fraction of sp³-hybridized carbons (Fsp3) is 0.143. The molecule has 4 heteroatoms. The number of carbonyl (C=O) groups is 1. The van der Waals surface area contributed by atoms with Crippen LogP contribution in [0.3, 0.4) is 0 Å². The molecule has 0 amide bonds. The van der Waals surface area contributed by atoms with Gasteiger partial charge >= 0.3 is 0 Å². The molecule has 4 nitrogen and oxygen atoms in total. The number of hydrogen-bond acceptors (Lipinski definition) is 4. The van der Waals surface area contributed by atoms with Gasteiger partial charge in [-0.3, -0.25) is 4.79 Å². The summed E-state index contributed by atoms with van der Waals surface area (Å²) in [6.45, 7) is 1.95. The van der Waals surface area contributed by atoms with E-state index in [0.29, 0.717) is 23.8 Å². The summed E-state index contributed by atoms with van der Waals surface area (Å²) < 4.78 is 11.2. The molecule has 3 rings (SSSR count). The summed E-state index contributed by atoms with van der Waals surface area (Å²) in [6.07, 6.45) is 1.67. The lowest BCUT2D eigenvalue weighted by molar-refractivity contribution is 0.101. The number of carbonyl (C=O) groups excluding carboxylic acids is 1. The Morgan fingerprint density at radius 3 is 2.56 bits per heavy atom. The molecule has 0 fully saturated rings. The van der Waals surface area contributed by atoms with Gasteiger partial charge in [0.15, 0.2) is 5.78 Å². The second kappa shape index (κ2) is 7.62. The van der Waals surface area contributed by atoms with Crippen molar-refractivity contribution in [3.63, 3.8) is 0 Å². The van der Waals surface area contributed by atoms with Gasteiger partial charge in [0.2, 0.25) is 5.88 Å². The second-order valence-electron chi connectivity index (χ2n) is 5.60. The van der Waals surface area contributed by atoms with Gasteiger partial charge in [-0.05, 0) is 42.3 Å². The van der Waals surface area contributed by atoms with E-state index in [0.717, 1.165) is 16.7 Å². The summed E-state index contributed by atoms with van der Waals surface area (Å²) in [5.74, 6) is 1.05. The van der Waals surface area contributed by atoms with E-state index in [9.17, 15) is 4.79 Å². The Balaban J connectivity index is 1.92. The van der Waals surface area contributed by atoms with Gasteiger partial charge in [0.25, 0.3) is 0 Å². The summed E-state index contributed by atoms with van der Waals surface area (Å²) in [4.78, 5) is 16.3. The van der Waals surface area contributed by atoms with Crippen molar-refractivity contribution in [1.29, 1.82) is 0 Å². The van der Waals surface area contributed by atoms with Crippen LogP contribution >= 0.6 is 0 Å². The first-order chi connectivity index (χ1) is 12.2. The molecule has 0 atom stereocenters. The molecule has 2 aromatic carbocycles. The lowest BCUT2D eigenvalue weighted by atomic mass is 10.0. The molecular formula is C21H19NO3. The van der Waals surface area contributed by atoms with Crippen molar-refractivity contribution in [3.8, 4) is 22.8 Å². The lowest BCUT2D eigenvalue weighted by Crippen LogP contribution is -2.02. The summed E-state index contributed by atoms with van der Waals surface area (Å²) >= 11 is 0. The van der Waals surface area contributed by atoms with Crippen LogP contribution in [0.2, 0.25) is 0 Å². The largest absolute Gasteiger partial charge is 0.488 e. The molecule has 0 aliphatic carbocycles. The molecule has 0 bridgehead atoms. The third-order valence-corrected chi connectivity index (χ3v) is 3.87. The first-order valence-corrected chi connectivity index (χ1v) is 8.00. The third kappa shape index (κ3) is 3.86. The predicted octanol–water partition coefficient (Wildman–Crippen LogP) is 4.54. The standard InChI is InChI=1S/C21H19NO3/c1-15(23)19-13-17(18-9-6-12-22-21(18)24-2)10-11-20(19)25-14-16-7-4-3-5-8-16/h3-13H,14H2,1-2H3. The van der Waals surface area contributed by atoms with E-state index in [2.05, 4.69) is 4.98 Å². The predicted molar refractivity (Wildman–Crippen MR) is 97.0 cm³/mol. The highest BCUT2D eigenvalue weighted by atomic mass is 16.5. The molecule has 0 aliphatic heterocycles. The zero-order valence-electron chi connectivity index (χ0n) is 14.2. The number of benzene rings is 2. The van der Waals surface area contributed by atoms with E-state index in [1.165, 1.54) is 6.92 Å². The van der Waals surface area contributed by atoms with Gasteiger partial charge in [0.05, 0.1) is 12.7 Å². The van der Waals surface area contributed by atoms with E-state index in [-0.39, 0.29) is 5.78 Å². The number of rotatable bonds is 6. The second-order valence-corrected chi connectivity index (χ2v) is 5.60. The number of Topliss-reactive ketones (excluding diaryl/α,β-unsaturated/α-hetero) is 1. The molecule has 0 unspecified atom stereocenters. The van der Waals surface area contributed by atoms with Gasteiger partial charge in [0.1, 0.15) is 12.4 Å². The van der Waals surface area contributed by atoms with Gasteiger partial charge in [-0.1, -0.05) is 36.4 Å². The molecule has 0 aliphatic rings. The minimum atomic E-state index is -0.0484. The van der Waals surface area contributed by atoms with Crippen molar-refractivity contribution in [2.75, 3.05) is 7.11 Å². The van der Waals surface area contributed by atoms with E-state index < -0.39 is 0 Å². The van der Waals surface area contributed by atoms with E-state index in [1.807, 2.05) is 60.7 Å². The molecule has 1 aromatic heterocycles. The molecule has 0 saturated carbocycles. The fourth-order valence-electron chi connectivity index (χ4n) is 2.61. The Kier molecular flexibility index (Phi) is 5.09. The van der Waals surface area contributed by atoms with Crippen molar-refractivity contribution < 1.29 is 14.3 Å². The maximum Gasteiger partial charge on any atom is 0.221 e. The minimum Gasteiger partial charge on any atom is -0.488 e. The molecular weight excluding hydrogens is 314 g/mol. The Labute approximate surface area is 147 Å². The summed E-state index contributed by atoms with van der Waals surface area (Å²) in [7, 11) is 1.58. The van der Waals surface area contributed by atoms with Crippen molar-refractivity contribution in [2.24, 2.45) is 0 Å². The van der Waals surface area contributed by atoms with Crippen LogP contribution in [0.15, 0.2) is 66.9 Å². The average molecular weight is 333 g/mol. The Morgan fingerprint density at radius 2 is 1.84 bits per heavy atom. The number of aromatic nitrogens is 1. The van der Waals surface area contributed by atoms with Crippen LogP contribution in [0.5, 0.6) is 11.6 Å². The van der Waals surface area contributed by atoms with Crippen LogP contribution in [-0.4, -0.2) is 17.9 Å². The summed E-state index contributed by atoms with van der Waals surface area (Å²) in [5, 5.41) is 0. The highest BCUT2D eigenvalue weighted by molar-refractivity contribution is 5.98. The van der Waals surface area contributed by atoms with Crippen LogP contribution in [-0.2, 0) is 6.61 Å². The summed E-state index contributed by atoms with van der Waals surface area (Å²) in [6, 6.07) is 19.2. The molecule has 3 aromatic rings. The first kappa shape index (κ1) is 16.7. The van der Waals surface area contributed by atoms with Crippen LogP contribution in [0.25, 0.3) is 11.1 Å². The SMILES string of the molecule is COc1ncccc1-c1ccc(OCc2ccccc2)c(C(C)=O)c1. The lowest BCUT2D eigenvalue weighted by Gasteiger charge is -2.13. The number of pyridine rings is 1. The van der Waals surface area contributed by atoms with Gasteiger partial charge in [-0.25, -0.2) is 4.98 Å². The molecule has 0 N–H and O–H groups in total. The van der Waals surface area contributed by atoms with E-state index in [1.54, 1.807) is 13.3 Å². The fourth-order valence-corrected chi connectivity index (χ4v) is 2.61. The Morgan fingerprint density at radius 1 is 1.04 bits per heavy atom. The molecule has 0 spiro atoms. The first-order valence-electron chi connectivity index (χ1n) is 8.00. The molecule has 1 heterocycles. The van der Waals surface area contributed by atoms with Crippen molar-refractivity contribution in [2.45, 2.75) is 13.5 Å². The Bertz CT molecular complexity index is 875. The molecule has 0 radical (unpaired) electrons.